The second kappa shape index (κ2) is 17.5. The zero-order valence-electron chi connectivity index (χ0n) is 17.7. The van der Waals surface area contributed by atoms with Crippen LogP contribution in [0.2, 0.25) is 0 Å². The van der Waals surface area contributed by atoms with E-state index in [0.717, 1.165) is 0 Å². The molecule has 1 rings (SSSR count). The van der Waals surface area contributed by atoms with Crippen LogP contribution in [0.5, 0.6) is 0 Å². The average Bonchev–Trinajstić information content (AvgIpc) is 3.07. The number of nitrogens with two attached hydrogens (primary N) is 3. The monoisotopic (exact) mass is 440 g/mol. The van der Waals surface area contributed by atoms with Gasteiger partial charge in [0.05, 0.1) is 12.6 Å². The molecule has 1 aliphatic heterocycles. The van der Waals surface area contributed by atoms with Gasteiger partial charge in [0.2, 0.25) is 0 Å². The summed E-state index contributed by atoms with van der Waals surface area (Å²) in [7, 11) is 0. The molecule has 0 aliphatic carbocycles. The van der Waals surface area contributed by atoms with Crippen molar-refractivity contribution in [3.63, 3.8) is 0 Å². The Labute approximate surface area is 175 Å². The highest BCUT2D eigenvalue weighted by molar-refractivity contribution is 5.74. The number of carboxylic acids is 4. The predicted octanol–water partition coefficient (Wildman–Crippen LogP) is -2.07. The van der Waals surface area contributed by atoms with Gasteiger partial charge in [-0.2, -0.15) is 0 Å². The highest BCUT2D eigenvalue weighted by atomic mass is 16.4. The molecular formula is C17H36N4O9. The standard InChI is InChI=1S/C5H9NO3.2C5H11NO2.C2H5NO2/c7-3-1-2-6-4(3)5(8)9;2*1-3(2)4(6)5(7)8;3-1-2(4)5/h3-4,6-7H,1-2H2,(H,8,9);2*3-4H,6H2,1-2H3,(H,7,8);1,3H2,(H,4,5)/t3?,4-;2*4-;/m000./s1. The minimum Gasteiger partial charge on any atom is -0.480 e. The van der Waals surface area contributed by atoms with Gasteiger partial charge < -0.3 is 48.1 Å². The fourth-order valence-electron chi connectivity index (χ4n) is 1.51. The first-order chi connectivity index (χ1) is 13.6. The van der Waals surface area contributed by atoms with Crippen LogP contribution in [0.25, 0.3) is 0 Å². The molecule has 1 unspecified atom stereocenters. The molecular weight excluding hydrogens is 404 g/mol. The number of carboxylic acid groups (broad SMARTS) is 4. The van der Waals surface area contributed by atoms with Crippen LogP contribution >= 0.6 is 0 Å². The lowest BCUT2D eigenvalue weighted by atomic mass is 10.1. The van der Waals surface area contributed by atoms with Gasteiger partial charge in [-0.05, 0) is 24.8 Å². The Morgan fingerprint density at radius 3 is 1.30 bits per heavy atom. The van der Waals surface area contributed by atoms with E-state index < -0.39 is 48.1 Å². The average molecular weight is 440 g/mol. The van der Waals surface area contributed by atoms with Crippen molar-refractivity contribution in [2.45, 2.75) is 58.3 Å². The van der Waals surface area contributed by atoms with E-state index in [0.29, 0.717) is 13.0 Å². The third-order valence-electron chi connectivity index (χ3n) is 3.64. The lowest BCUT2D eigenvalue weighted by Crippen LogP contribution is -2.38. The summed E-state index contributed by atoms with van der Waals surface area (Å²) in [5.74, 6) is -3.76. The Hall–Kier alpha value is -2.32. The highest BCUT2D eigenvalue weighted by Crippen LogP contribution is 2.05. The highest BCUT2D eigenvalue weighted by Gasteiger charge is 2.30. The van der Waals surface area contributed by atoms with E-state index in [9.17, 15) is 19.2 Å². The topological polar surface area (TPSA) is 260 Å². The van der Waals surface area contributed by atoms with Crippen LogP contribution in [-0.4, -0.2) is 86.7 Å². The van der Waals surface area contributed by atoms with Crippen molar-refractivity contribution in [3.8, 4) is 0 Å². The second-order valence-electron chi connectivity index (χ2n) is 6.94. The van der Waals surface area contributed by atoms with Crippen molar-refractivity contribution in [2.24, 2.45) is 29.0 Å². The molecule has 1 heterocycles. The summed E-state index contributed by atoms with van der Waals surface area (Å²) in [6, 6.07) is -2.17. The van der Waals surface area contributed by atoms with E-state index in [4.69, 9.17) is 37.0 Å². The van der Waals surface area contributed by atoms with Crippen molar-refractivity contribution < 1.29 is 44.7 Å². The Morgan fingerprint density at radius 2 is 1.23 bits per heavy atom. The molecule has 0 bridgehead atoms. The van der Waals surface area contributed by atoms with Gasteiger partial charge in [0.25, 0.3) is 0 Å². The molecule has 30 heavy (non-hydrogen) atoms. The Kier molecular flexibility index (Phi) is 18.9. The smallest absolute Gasteiger partial charge is 0.323 e. The zero-order chi connectivity index (χ0) is 24.6. The molecule has 178 valence electrons. The largest absolute Gasteiger partial charge is 0.480 e. The normalized spacial score (nSPS) is 19.1. The van der Waals surface area contributed by atoms with Gasteiger partial charge in [0.15, 0.2) is 0 Å². The lowest BCUT2D eigenvalue weighted by molar-refractivity contribution is -0.141. The third-order valence-corrected chi connectivity index (χ3v) is 3.64. The van der Waals surface area contributed by atoms with Crippen LogP contribution in [0.4, 0.5) is 0 Å². The first kappa shape index (κ1) is 32.3. The number of aliphatic carboxylic acids is 4. The SMILES string of the molecule is CC(C)[C@H](N)C(=O)O.CC(C)[C@H](N)C(=O)O.NCC(=O)O.O=C(O)[C@H]1NCCC1O. The first-order valence-corrected chi connectivity index (χ1v) is 9.12. The van der Waals surface area contributed by atoms with Crippen LogP contribution < -0.4 is 22.5 Å². The third kappa shape index (κ3) is 17.8. The fourth-order valence-corrected chi connectivity index (χ4v) is 1.51. The molecule has 0 saturated carbocycles. The number of nitrogens with one attached hydrogen (secondary N) is 1. The summed E-state index contributed by atoms with van der Waals surface area (Å²) in [6.07, 6.45) is -0.167. The van der Waals surface area contributed by atoms with E-state index in [1.54, 1.807) is 27.7 Å². The molecule has 0 aromatic rings. The molecule has 0 aromatic heterocycles. The summed E-state index contributed by atoms with van der Waals surface area (Å²) in [5, 5.41) is 44.0. The molecule has 12 N–H and O–H groups in total. The minimum absolute atomic E-state index is 0.0208. The Bertz CT molecular complexity index is 505. The maximum atomic E-state index is 10.2. The van der Waals surface area contributed by atoms with Crippen LogP contribution in [0.1, 0.15) is 34.1 Å². The lowest BCUT2D eigenvalue weighted by Gasteiger charge is -2.07. The van der Waals surface area contributed by atoms with E-state index in [1.807, 2.05) is 0 Å². The number of carbonyl (C=O) groups is 4. The van der Waals surface area contributed by atoms with Gasteiger partial charge >= 0.3 is 23.9 Å². The van der Waals surface area contributed by atoms with E-state index in [2.05, 4.69) is 11.1 Å². The number of hydrogen-bond donors (Lipinski definition) is 9. The second-order valence-corrected chi connectivity index (χ2v) is 6.94. The molecule has 1 aliphatic rings. The first-order valence-electron chi connectivity index (χ1n) is 9.12. The van der Waals surface area contributed by atoms with E-state index >= 15 is 0 Å². The molecule has 0 amide bonds. The van der Waals surface area contributed by atoms with Crippen LogP contribution in [0, 0.1) is 11.8 Å². The van der Waals surface area contributed by atoms with Crippen LogP contribution in [0.3, 0.4) is 0 Å². The van der Waals surface area contributed by atoms with Crippen molar-refractivity contribution in [2.75, 3.05) is 13.1 Å². The Balaban J connectivity index is -0.000000331. The number of hydrogen-bond acceptors (Lipinski definition) is 9. The maximum Gasteiger partial charge on any atom is 0.323 e. The van der Waals surface area contributed by atoms with Gasteiger partial charge in [-0.1, -0.05) is 27.7 Å². The molecule has 0 aromatic carbocycles. The van der Waals surface area contributed by atoms with Crippen molar-refractivity contribution in [3.05, 3.63) is 0 Å². The Morgan fingerprint density at radius 1 is 0.900 bits per heavy atom. The van der Waals surface area contributed by atoms with Gasteiger partial charge in [-0.25, -0.2) is 0 Å². The summed E-state index contributed by atoms with van der Waals surface area (Å²) in [5.41, 5.74) is 14.9. The predicted molar refractivity (Wildman–Crippen MR) is 108 cm³/mol. The molecule has 1 fully saturated rings. The van der Waals surface area contributed by atoms with Gasteiger partial charge in [0, 0.05) is 0 Å². The van der Waals surface area contributed by atoms with Crippen molar-refractivity contribution >= 4 is 23.9 Å². The molecule has 13 heteroatoms. The number of rotatable bonds is 6. The van der Waals surface area contributed by atoms with Crippen molar-refractivity contribution in [1.29, 1.82) is 0 Å². The van der Waals surface area contributed by atoms with Crippen LogP contribution in [0.15, 0.2) is 0 Å². The summed E-state index contributed by atoms with van der Waals surface area (Å²) < 4.78 is 0. The summed E-state index contributed by atoms with van der Waals surface area (Å²) in [6.45, 7) is 7.42. The van der Waals surface area contributed by atoms with Gasteiger partial charge in [0.1, 0.15) is 18.1 Å². The van der Waals surface area contributed by atoms with Crippen LogP contribution in [-0.2, 0) is 19.2 Å². The number of aliphatic hydroxyl groups excluding tert-OH is 1. The fraction of sp³-hybridized carbons (Fsp3) is 0.765. The molecule has 0 radical (unpaired) electrons. The van der Waals surface area contributed by atoms with Gasteiger partial charge in [-0.15, -0.1) is 0 Å². The number of aliphatic hydroxyl groups is 1. The summed E-state index contributed by atoms with van der Waals surface area (Å²) in [4.78, 5) is 39.5. The zero-order valence-corrected chi connectivity index (χ0v) is 17.7. The van der Waals surface area contributed by atoms with E-state index in [-0.39, 0.29) is 18.4 Å². The molecule has 4 atom stereocenters. The molecule has 0 spiro atoms. The van der Waals surface area contributed by atoms with Crippen molar-refractivity contribution in [1.82, 2.24) is 5.32 Å². The molecule has 13 nitrogen and oxygen atoms in total. The minimum atomic E-state index is -0.972. The van der Waals surface area contributed by atoms with Gasteiger partial charge in [-0.3, -0.25) is 19.2 Å². The van der Waals surface area contributed by atoms with E-state index in [1.165, 1.54) is 0 Å². The quantitative estimate of drug-likeness (QED) is 0.215. The summed E-state index contributed by atoms with van der Waals surface area (Å²) >= 11 is 0. The molecule has 1 saturated heterocycles. The maximum absolute atomic E-state index is 10.2.